The number of tetrazole rings is 1. The molecule has 12 nitrogen and oxygen atoms in total. The third-order valence-electron chi connectivity index (χ3n) is 5.35. The molecule has 4 rings (SSSR count). The molecule has 1 unspecified atom stereocenters. The van der Waals surface area contributed by atoms with Crippen LogP contribution in [0.25, 0.3) is 22.9 Å². The average molecular weight is 533 g/mol. The van der Waals surface area contributed by atoms with Crippen molar-refractivity contribution in [2.24, 2.45) is 0 Å². The van der Waals surface area contributed by atoms with Crippen molar-refractivity contribution in [2.45, 2.75) is 12.5 Å². The summed E-state index contributed by atoms with van der Waals surface area (Å²) in [5, 5.41) is 32.1. The fourth-order valence-electron chi connectivity index (χ4n) is 3.62. The number of aromatic amines is 1. The lowest BCUT2D eigenvalue weighted by molar-refractivity contribution is -0.117. The Morgan fingerprint density at radius 2 is 1.97 bits per heavy atom. The molecule has 2 heterocycles. The predicted octanol–water partition coefficient (Wildman–Crippen LogP) is 3.60. The third-order valence-corrected chi connectivity index (χ3v) is 5.58. The zero-order valence-corrected chi connectivity index (χ0v) is 20.5. The number of carboxylic acid groups (broad SMARTS) is 1. The van der Waals surface area contributed by atoms with Gasteiger partial charge in [0, 0.05) is 22.3 Å². The van der Waals surface area contributed by atoms with Gasteiger partial charge in [-0.3, -0.25) is 14.9 Å². The van der Waals surface area contributed by atoms with E-state index in [2.05, 4.69) is 42.9 Å². The standard InChI is InChI=1S/C25H21ClN8O4/c1-2-3-20(21-13-19(24(36)31-30-21)15-4-8-18(9-5-15)28-25(37)38)29-23(35)11-6-16-12-17(26)7-10-22(16)34-14-27-32-33-34/h2,4-14,20,28H,1,3H2,(H,29,35)(H,31,36)(H,37,38). The van der Waals surface area contributed by atoms with E-state index in [0.717, 1.165) is 0 Å². The molecule has 0 saturated carbocycles. The van der Waals surface area contributed by atoms with Crippen LogP contribution in [0.4, 0.5) is 10.5 Å². The Morgan fingerprint density at radius 3 is 2.66 bits per heavy atom. The molecule has 2 aromatic carbocycles. The van der Waals surface area contributed by atoms with Crippen LogP contribution < -0.4 is 16.2 Å². The summed E-state index contributed by atoms with van der Waals surface area (Å²) in [7, 11) is 0. The summed E-state index contributed by atoms with van der Waals surface area (Å²) < 4.78 is 1.45. The number of carbonyl (C=O) groups excluding carboxylic acids is 1. The first kappa shape index (κ1) is 26.0. The Kier molecular flexibility index (Phi) is 8.04. The van der Waals surface area contributed by atoms with E-state index in [0.29, 0.717) is 45.2 Å². The number of hydrogen-bond donors (Lipinski definition) is 4. The third kappa shape index (κ3) is 6.36. The maximum Gasteiger partial charge on any atom is 0.409 e. The van der Waals surface area contributed by atoms with Gasteiger partial charge in [-0.25, -0.2) is 9.89 Å². The number of halogens is 1. The van der Waals surface area contributed by atoms with E-state index in [4.69, 9.17) is 16.7 Å². The minimum absolute atomic E-state index is 0.306. The van der Waals surface area contributed by atoms with Crippen LogP contribution in [0, 0.1) is 0 Å². The molecule has 0 fully saturated rings. The molecule has 0 bridgehead atoms. The Labute approximate surface area is 220 Å². The first-order chi connectivity index (χ1) is 18.3. The second-order valence-corrected chi connectivity index (χ2v) is 8.36. The van der Waals surface area contributed by atoms with Gasteiger partial charge in [0.1, 0.15) is 6.33 Å². The largest absolute Gasteiger partial charge is 0.465 e. The fraction of sp³-hybridized carbons (Fsp3) is 0.0800. The van der Waals surface area contributed by atoms with Gasteiger partial charge in [-0.05, 0) is 64.9 Å². The highest BCUT2D eigenvalue weighted by molar-refractivity contribution is 6.30. The molecule has 13 heteroatoms. The lowest BCUT2D eigenvalue weighted by Gasteiger charge is -2.16. The van der Waals surface area contributed by atoms with Gasteiger partial charge in [0.2, 0.25) is 5.91 Å². The quantitative estimate of drug-likeness (QED) is 0.187. The van der Waals surface area contributed by atoms with E-state index in [1.54, 1.807) is 48.6 Å². The summed E-state index contributed by atoms with van der Waals surface area (Å²) in [6.07, 6.45) is 5.13. The SMILES string of the molecule is C=CCC(NC(=O)C=Cc1cc(Cl)ccc1-n1cnnn1)c1cc(-c2ccc(NC(=O)O)cc2)c(=O)[nH]n1. The number of nitrogens with one attached hydrogen (secondary N) is 3. The number of amides is 2. The number of nitrogens with zero attached hydrogens (tertiary/aromatic N) is 5. The Bertz CT molecular complexity index is 1550. The normalized spacial score (nSPS) is 11.7. The Hall–Kier alpha value is -5.10. The summed E-state index contributed by atoms with van der Waals surface area (Å²) >= 11 is 6.13. The van der Waals surface area contributed by atoms with E-state index in [9.17, 15) is 14.4 Å². The van der Waals surface area contributed by atoms with E-state index < -0.39 is 23.6 Å². The number of aromatic nitrogens is 6. The number of carbonyl (C=O) groups is 2. The number of hydrogen-bond acceptors (Lipinski definition) is 7. The fourth-order valence-corrected chi connectivity index (χ4v) is 3.80. The molecule has 4 N–H and O–H groups in total. The van der Waals surface area contributed by atoms with Gasteiger partial charge in [-0.1, -0.05) is 29.8 Å². The van der Waals surface area contributed by atoms with Gasteiger partial charge in [0.25, 0.3) is 5.56 Å². The van der Waals surface area contributed by atoms with E-state index in [-0.39, 0.29) is 0 Å². The second kappa shape index (κ2) is 11.8. The number of rotatable bonds is 9. The van der Waals surface area contributed by atoms with Crippen LogP contribution in [0.2, 0.25) is 5.02 Å². The van der Waals surface area contributed by atoms with Crippen molar-refractivity contribution in [3.05, 3.63) is 100 Å². The lowest BCUT2D eigenvalue weighted by Crippen LogP contribution is -2.28. The summed E-state index contributed by atoms with van der Waals surface area (Å²) in [5.41, 5.74) is 2.43. The highest BCUT2D eigenvalue weighted by Crippen LogP contribution is 2.23. The van der Waals surface area contributed by atoms with Gasteiger partial charge >= 0.3 is 6.09 Å². The van der Waals surface area contributed by atoms with Crippen LogP contribution in [0.3, 0.4) is 0 Å². The highest BCUT2D eigenvalue weighted by Gasteiger charge is 2.17. The van der Waals surface area contributed by atoms with Crippen molar-refractivity contribution in [1.29, 1.82) is 0 Å². The minimum Gasteiger partial charge on any atom is -0.465 e. The summed E-state index contributed by atoms with van der Waals surface area (Å²) in [5.74, 6) is -0.418. The maximum absolute atomic E-state index is 12.8. The van der Waals surface area contributed by atoms with Crippen molar-refractivity contribution < 1.29 is 14.7 Å². The molecule has 0 radical (unpaired) electrons. The van der Waals surface area contributed by atoms with Crippen molar-refractivity contribution in [3.8, 4) is 16.8 Å². The molecule has 192 valence electrons. The smallest absolute Gasteiger partial charge is 0.409 e. The van der Waals surface area contributed by atoms with Gasteiger partial charge in [-0.15, -0.1) is 11.7 Å². The molecule has 1 atom stereocenters. The molecule has 4 aromatic rings. The molecule has 0 aliphatic carbocycles. The van der Waals surface area contributed by atoms with Crippen LogP contribution in [-0.4, -0.2) is 47.5 Å². The average Bonchev–Trinajstić information content (AvgIpc) is 3.43. The van der Waals surface area contributed by atoms with E-state index in [1.165, 1.54) is 29.2 Å². The first-order valence-electron chi connectivity index (χ1n) is 11.2. The van der Waals surface area contributed by atoms with Crippen LogP contribution in [-0.2, 0) is 4.79 Å². The summed E-state index contributed by atoms with van der Waals surface area (Å²) in [6.45, 7) is 3.75. The molecular formula is C25H21ClN8O4. The van der Waals surface area contributed by atoms with Crippen molar-refractivity contribution in [3.63, 3.8) is 0 Å². The molecule has 38 heavy (non-hydrogen) atoms. The second-order valence-electron chi connectivity index (χ2n) is 7.92. The molecule has 2 aromatic heterocycles. The van der Waals surface area contributed by atoms with E-state index in [1.807, 2.05) is 0 Å². The molecule has 0 spiro atoms. The van der Waals surface area contributed by atoms with E-state index >= 15 is 0 Å². The zero-order valence-electron chi connectivity index (χ0n) is 19.7. The van der Waals surface area contributed by atoms with Crippen LogP contribution in [0.1, 0.15) is 23.7 Å². The highest BCUT2D eigenvalue weighted by atomic mass is 35.5. The van der Waals surface area contributed by atoms with Crippen molar-refractivity contribution in [1.82, 2.24) is 35.7 Å². The number of benzene rings is 2. The summed E-state index contributed by atoms with van der Waals surface area (Å²) in [4.78, 5) is 36.1. The van der Waals surface area contributed by atoms with Crippen molar-refractivity contribution in [2.75, 3.05) is 5.32 Å². The number of H-pyrrole nitrogens is 1. The Morgan fingerprint density at radius 1 is 1.18 bits per heavy atom. The van der Waals surface area contributed by atoms with Crippen LogP contribution in [0.15, 0.2) is 78.4 Å². The lowest BCUT2D eigenvalue weighted by atomic mass is 10.0. The van der Waals surface area contributed by atoms with Crippen molar-refractivity contribution >= 4 is 35.4 Å². The maximum atomic E-state index is 12.8. The Balaban J connectivity index is 1.56. The molecule has 0 aliphatic rings. The number of anilines is 1. The molecule has 0 aliphatic heterocycles. The molecular weight excluding hydrogens is 512 g/mol. The van der Waals surface area contributed by atoms with Gasteiger partial charge < -0.3 is 10.4 Å². The van der Waals surface area contributed by atoms with Gasteiger partial charge in [0.15, 0.2) is 0 Å². The van der Waals surface area contributed by atoms with Crippen LogP contribution >= 0.6 is 11.6 Å². The topological polar surface area (TPSA) is 168 Å². The molecule has 2 amide bonds. The van der Waals surface area contributed by atoms with Gasteiger partial charge in [0.05, 0.1) is 23.0 Å². The van der Waals surface area contributed by atoms with Gasteiger partial charge in [-0.2, -0.15) is 9.78 Å². The minimum atomic E-state index is -1.19. The monoisotopic (exact) mass is 532 g/mol. The zero-order chi connectivity index (χ0) is 27.1. The molecule has 0 saturated heterocycles. The predicted molar refractivity (Wildman–Crippen MR) is 141 cm³/mol. The van der Waals surface area contributed by atoms with Crippen LogP contribution in [0.5, 0.6) is 0 Å². The first-order valence-corrected chi connectivity index (χ1v) is 11.5. The summed E-state index contributed by atoms with van der Waals surface area (Å²) in [6, 6.07) is 12.4.